The van der Waals surface area contributed by atoms with Gasteiger partial charge in [0.25, 0.3) is 0 Å². The Morgan fingerprint density at radius 2 is 1.22 bits per heavy atom. The Bertz CT molecular complexity index is 1550. The van der Waals surface area contributed by atoms with Crippen molar-refractivity contribution in [3.8, 4) is 0 Å². The van der Waals surface area contributed by atoms with Gasteiger partial charge in [0.15, 0.2) is 0 Å². The lowest BCUT2D eigenvalue weighted by molar-refractivity contribution is -0.144. The number of carbonyl (C=O) groups is 7. The van der Waals surface area contributed by atoms with Gasteiger partial charge in [-0.1, -0.05) is 58.0 Å². The van der Waals surface area contributed by atoms with Crippen molar-refractivity contribution in [2.45, 2.75) is 115 Å². The third-order valence-electron chi connectivity index (χ3n) is 8.52. The number of hydrogen-bond donors (Lipinski definition) is 10. The summed E-state index contributed by atoms with van der Waals surface area (Å²) >= 11 is 0. The Labute approximate surface area is 321 Å². The molecule has 0 radical (unpaired) electrons. The van der Waals surface area contributed by atoms with Crippen molar-refractivity contribution in [1.82, 2.24) is 36.6 Å². The zero-order chi connectivity index (χ0) is 41.1. The number of rotatable bonds is 25. The number of hydrogen-bond acceptors (Lipinski definition) is 10. The first-order valence-electron chi connectivity index (χ1n) is 18.5. The molecule has 55 heavy (non-hydrogen) atoms. The van der Waals surface area contributed by atoms with E-state index < -0.39 is 84.1 Å². The van der Waals surface area contributed by atoms with Crippen LogP contribution in [0.1, 0.15) is 77.5 Å². The van der Waals surface area contributed by atoms with E-state index in [1.165, 1.54) is 6.33 Å². The van der Waals surface area contributed by atoms with Gasteiger partial charge in [-0.3, -0.25) is 28.8 Å². The van der Waals surface area contributed by atoms with E-state index in [1.54, 1.807) is 50.4 Å². The van der Waals surface area contributed by atoms with Crippen LogP contribution in [-0.2, 0) is 46.4 Å². The summed E-state index contributed by atoms with van der Waals surface area (Å²) in [5.74, 6) is -6.08. The number of imidazole rings is 1. The molecular weight excluding hydrogens is 712 g/mol. The zero-order valence-corrected chi connectivity index (χ0v) is 32.0. The van der Waals surface area contributed by atoms with E-state index in [4.69, 9.17) is 17.2 Å². The molecule has 6 amide bonds. The maximum Gasteiger partial charge on any atom is 0.326 e. The molecule has 1 heterocycles. The number of aliphatic carboxylic acids is 1. The van der Waals surface area contributed by atoms with E-state index in [9.17, 15) is 38.7 Å². The van der Waals surface area contributed by atoms with Crippen LogP contribution in [-0.4, -0.2) is 99.3 Å². The lowest BCUT2D eigenvalue weighted by Crippen LogP contribution is -2.60. The van der Waals surface area contributed by atoms with Crippen molar-refractivity contribution < 1.29 is 38.7 Å². The zero-order valence-electron chi connectivity index (χ0n) is 32.0. The highest BCUT2D eigenvalue weighted by Gasteiger charge is 2.33. The smallest absolute Gasteiger partial charge is 0.326 e. The van der Waals surface area contributed by atoms with Crippen LogP contribution in [0.15, 0.2) is 42.9 Å². The number of amides is 6. The molecule has 304 valence electrons. The average molecular weight is 771 g/mol. The van der Waals surface area contributed by atoms with Crippen LogP contribution in [0.3, 0.4) is 0 Å². The fourth-order valence-electron chi connectivity index (χ4n) is 5.72. The van der Waals surface area contributed by atoms with Crippen molar-refractivity contribution in [3.63, 3.8) is 0 Å². The number of benzene rings is 1. The Hall–Kier alpha value is -5.36. The summed E-state index contributed by atoms with van der Waals surface area (Å²) in [6.45, 7) is 7.68. The predicted octanol–water partition coefficient (Wildman–Crippen LogP) is -0.873. The summed E-state index contributed by atoms with van der Waals surface area (Å²) in [5, 5.41) is 22.7. The van der Waals surface area contributed by atoms with Crippen molar-refractivity contribution in [2.75, 3.05) is 6.54 Å². The summed E-state index contributed by atoms with van der Waals surface area (Å²) in [5.41, 5.74) is 18.2. The Morgan fingerprint density at radius 3 is 1.73 bits per heavy atom. The predicted molar refractivity (Wildman–Crippen MR) is 203 cm³/mol. The van der Waals surface area contributed by atoms with Crippen molar-refractivity contribution >= 4 is 41.4 Å². The molecule has 0 saturated heterocycles. The molecule has 0 unspecified atom stereocenters. The molecule has 0 spiro atoms. The molecule has 13 N–H and O–H groups in total. The molecule has 0 bridgehead atoms. The van der Waals surface area contributed by atoms with Crippen LogP contribution in [0.2, 0.25) is 0 Å². The van der Waals surface area contributed by atoms with Gasteiger partial charge in [-0.05, 0) is 56.0 Å². The minimum atomic E-state index is -1.62. The number of nitrogens with one attached hydrogen (secondary N) is 6. The van der Waals surface area contributed by atoms with Gasteiger partial charge in [0.05, 0.1) is 24.5 Å². The van der Waals surface area contributed by atoms with Gasteiger partial charge in [-0.2, -0.15) is 0 Å². The molecule has 0 aliphatic carbocycles. The second kappa shape index (κ2) is 23.4. The molecule has 1 aromatic heterocycles. The second-order valence-electron chi connectivity index (χ2n) is 14.4. The standard InChI is InChI=1S/C37H58N10O8/c1-21(2)14-27(44-32(49)25(39)17-24-19-41-20-42-24)34(51)43-26(12-8-9-13-38)33(50)46-29(16-23-10-6-5-7-11-23)36(53)45-28(15-22(3)4)35(52)47-30(37(54)55)18-31(40)48/h5-7,10-11,19-22,25-30H,8-9,12-18,38-39H2,1-4H3,(H2,40,48)(H,41,42)(H,43,51)(H,44,49)(H,45,53)(H,46,50)(H,47,52)(H,54,55)/t25-,26-,27-,28-,29-,30-/m0/s1. The summed E-state index contributed by atoms with van der Waals surface area (Å²) < 4.78 is 0. The molecule has 0 aliphatic rings. The van der Waals surface area contributed by atoms with Crippen molar-refractivity contribution in [2.24, 2.45) is 29.0 Å². The monoisotopic (exact) mass is 770 g/mol. The van der Waals surface area contributed by atoms with Gasteiger partial charge in [0, 0.05) is 19.0 Å². The van der Waals surface area contributed by atoms with Crippen LogP contribution in [0.5, 0.6) is 0 Å². The van der Waals surface area contributed by atoms with E-state index in [1.807, 2.05) is 13.8 Å². The number of unbranched alkanes of at least 4 members (excludes halogenated alkanes) is 1. The van der Waals surface area contributed by atoms with E-state index in [0.29, 0.717) is 30.6 Å². The van der Waals surface area contributed by atoms with E-state index in [0.717, 1.165) is 0 Å². The number of aromatic amines is 1. The van der Waals surface area contributed by atoms with Gasteiger partial charge in [0.2, 0.25) is 35.4 Å². The van der Waals surface area contributed by atoms with Crippen LogP contribution < -0.4 is 43.8 Å². The first kappa shape index (κ1) is 45.8. The number of aromatic nitrogens is 2. The number of carbonyl (C=O) groups excluding carboxylic acids is 6. The molecule has 0 fully saturated rings. The van der Waals surface area contributed by atoms with Gasteiger partial charge in [-0.15, -0.1) is 0 Å². The lowest BCUT2D eigenvalue weighted by Gasteiger charge is -2.28. The van der Waals surface area contributed by atoms with Gasteiger partial charge in [0.1, 0.15) is 30.2 Å². The van der Waals surface area contributed by atoms with E-state index in [2.05, 4.69) is 36.6 Å². The number of carboxylic acids is 1. The molecule has 2 aromatic rings. The van der Waals surface area contributed by atoms with Gasteiger partial charge < -0.3 is 53.9 Å². The molecular formula is C37H58N10O8. The molecule has 2 rings (SSSR count). The SMILES string of the molecule is CC(C)C[C@H](NC(=O)[C@H](Cc1ccccc1)NC(=O)[C@H](CCCCN)NC(=O)[C@H](CC(C)C)NC(=O)[C@@H](N)Cc1c[nH]cn1)C(=O)N[C@@H](CC(N)=O)C(=O)O. The summed E-state index contributed by atoms with van der Waals surface area (Å²) in [4.78, 5) is 98.1. The Balaban J connectivity index is 2.35. The lowest BCUT2D eigenvalue weighted by atomic mass is 9.99. The molecule has 6 atom stereocenters. The summed E-state index contributed by atoms with van der Waals surface area (Å²) in [6, 6.07) is 1.51. The minimum absolute atomic E-state index is 0.00273. The van der Waals surface area contributed by atoms with Crippen LogP contribution in [0.4, 0.5) is 0 Å². The van der Waals surface area contributed by atoms with Crippen LogP contribution in [0, 0.1) is 11.8 Å². The molecule has 18 heteroatoms. The molecule has 0 aliphatic heterocycles. The quantitative estimate of drug-likeness (QED) is 0.0554. The summed E-state index contributed by atoms with van der Waals surface area (Å²) in [6.07, 6.45) is 4.03. The average Bonchev–Trinajstić information content (AvgIpc) is 3.62. The highest BCUT2D eigenvalue weighted by molar-refractivity contribution is 5.96. The topological polar surface area (TPSA) is 307 Å². The van der Waals surface area contributed by atoms with Crippen LogP contribution >= 0.6 is 0 Å². The van der Waals surface area contributed by atoms with Crippen molar-refractivity contribution in [3.05, 3.63) is 54.1 Å². The number of H-pyrrole nitrogens is 1. The first-order chi connectivity index (χ1) is 26.0. The normalized spacial score (nSPS) is 14.5. The molecule has 18 nitrogen and oxygen atoms in total. The third-order valence-corrected chi connectivity index (χ3v) is 8.52. The maximum atomic E-state index is 14.0. The number of carboxylic acid groups (broad SMARTS) is 1. The van der Waals surface area contributed by atoms with E-state index in [-0.39, 0.29) is 43.9 Å². The molecule has 0 saturated carbocycles. The highest BCUT2D eigenvalue weighted by atomic mass is 16.4. The largest absolute Gasteiger partial charge is 0.480 e. The Morgan fingerprint density at radius 1 is 0.709 bits per heavy atom. The highest BCUT2D eigenvalue weighted by Crippen LogP contribution is 2.12. The number of nitrogens with two attached hydrogens (primary N) is 3. The van der Waals surface area contributed by atoms with Gasteiger partial charge in [-0.25, -0.2) is 9.78 Å². The second-order valence-corrected chi connectivity index (χ2v) is 14.4. The van der Waals surface area contributed by atoms with Crippen molar-refractivity contribution in [1.29, 1.82) is 0 Å². The summed E-state index contributed by atoms with van der Waals surface area (Å²) in [7, 11) is 0. The maximum absolute atomic E-state index is 14.0. The minimum Gasteiger partial charge on any atom is -0.480 e. The first-order valence-corrected chi connectivity index (χ1v) is 18.5. The Kier molecular flexibility index (Phi) is 19.5. The number of nitrogens with zero attached hydrogens (tertiary/aromatic N) is 1. The fraction of sp³-hybridized carbons (Fsp3) is 0.568. The van der Waals surface area contributed by atoms with Gasteiger partial charge >= 0.3 is 5.97 Å². The van der Waals surface area contributed by atoms with Crippen LogP contribution in [0.25, 0.3) is 0 Å². The fourth-order valence-corrected chi connectivity index (χ4v) is 5.72. The third kappa shape index (κ3) is 17.1. The van der Waals surface area contributed by atoms with E-state index >= 15 is 0 Å². The molecule has 1 aromatic carbocycles. The number of primary amides is 1.